The molecule has 7 heteroatoms. The molecule has 0 spiro atoms. The van der Waals surface area contributed by atoms with Gasteiger partial charge in [-0.25, -0.2) is 0 Å². The number of carbonyl (C=O) groups is 2. The minimum atomic E-state index is -0.434. The summed E-state index contributed by atoms with van der Waals surface area (Å²) in [6.07, 6.45) is 0.177. The molecule has 3 aromatic rings. The summed E-state index contributed by atoms with van der Waals surface area (Å²) in [5.41, 5.74) is 10.5. The molecule has 1 heterocycles. The summed E-state index contributed by atoms with van der Waals surface area (Å²) in [6, 6.07) is 21.2. The molecule has 182 valence electrons. The first-order valence-corrected chi connectivity index (χ1v) is 11.8. The van der Waals surface area contributed by atoms with Crippen LogP contribution in [0.2, 0.25) is 0 Å². The summed E-state index contributed by atoms with van der Waals surface area (Å²) in [5.74, 6) is 0.494. The Bertz CT molecular complexity index is 1200. The van der Waals surface area contributed by atoms with Crippen molar-refractivity contribution in [1.29, 1.82) is 0 Å². The van der Waals surface area contributed by atoms with Crippen molar-refractivity contribution in [2.24, 2.45) is 5.92 Å². The lowest BCUT2D eigenvalue weighted by molar-refractivity contribution is -0.125. The van der Waals surface area contributed by atoms with Gasteiger partial charge in [0.1, 0.15) is 6.61 Å². The molecule has 0 radical (unpaired) electrons. The Morgan fingerprint density at radius 1 is 0.971 bits per heavy atom. The van der Waals surface area contributed by atoms with Crippen LogP contribution in [-0.2, 0) is 16.2 Å². The Hall–Kier alpha value is -4.00. The van der Waals surface area contributed by atoms with Gasteiger partial charge < -0.3 is 14.4 Å². The Kier molecular flexibility index (Phi) is 7.55. The van der Waals surface area contributed by atoms with Gasteiger partial charge in [0.15, 0.2) is 11.5 Å². The van der Waals surface area contributed by atoms with E-state index in [1.807, 2.05) is 81.4 Å². The molecule has 1 aliphatic heterocycles. The van der Waals surface area contributed by atoms with Crippen molar-refractivity contribution in [3.05, 3.63) is 83.4 Å². The lowest BCUT2D eigenvalue weighted by Crippen LogP contribution is -2.36. The maximum atomic E-state index is 12.8. The predicted octanol–water partition coefficient (Wildman–Crippen LogP) is 4.78. The zero-order chi connectivity index (χ0) is 24.8. The molecule has 35 heavy (non-hydrogen) atoms. The highest BCUT2D eigenvalue weighted by molar-refractivity contribution is 6.00. The van der Waals surface area contributed by atoms with Crippen LogP contribution < -0.4 is 25.2 Å². The second-order valence-electron chi connectivity index (χ2n) is 8.66. The molecule has 0 saturated carbocycles. The molecule has 2 N–H and O–H groups in total. The van der Waals surface area contributed by atoms with Gasteiger partial charge in [0.05, 0.1) is 18.2 Å². The second kappa shape index (κ2) is 11.0. The summed E-state index contributed by atoms with van der Waals surface area (Å²) in [6.45, 7) is 7.22. The fourth-order valence-corrected chi connectivity index (χ4v) is 3.97. The summed E-state index contributed by atoms with van der Waals surface area (Å²) in [7, 11) is 0. The molecule has 2 amide bonds. The number of hydrazine groups is 1. The van der Waals surface area contributed by atoms with Crippen LogP contribution in [-0.4, -0.2) is 25.0 Å². The third kappa shape index (κ3) is 5.93. The van der Waals surface area contributed by atoms with Gasteiger partial charge in [0.25, 0.3) is 0 Å². The molecule has 0 aliphatic carbocycles. The molecule has 0 unspecified atom stereocenters. The van der Waals surface area contributed by atoms with Gasteiger partial charge in [-0.15, -0.1) is 0 Å². The largest absolute Gasteiger partial charge is 0.490 e. The number of ether oxygens (including phenoxy) is 2. The lowest BCUT2D eigenvalue weighted by Gasteiger charge is -2.18. The molecule has 0 bridgehead atoms. The van der Waals surface area contributed by atoms with E-state index >= 15 is 0 Å². The van der Waals surface area contributed by atoms with Gasteiger partial charge >= 0.3 is 0 Å². The summed E-state index contributed by atoms with van der Waals surface area (Å²) in [5, 5.41) is 0. The zero-order valence-electron chi connectivity index (χ0n) is 20.3. The lowest BCUT2D eigenvalue weighted by atomic mass is 10.1. The normalized spacial score (nSPS) is 15.1. The molecule has 1 atom stereocenters. The van der Waals surface area contributed by atoms with Crippen molar-refractivity contribution < 1.29 is 19.1 Å². The van der Waals surface area contributed by atoms with Crippen molar-refractivity contribution in [1.82, 2.24) is 5.43 Å². The van der Waals surface area contributed by atoms with E-state index in [1.165, 1.54) is 5.56 Å². The summed E-state index contributed by atoms with van der Waals surface area (Å²) in [4.78, 5) is 27.0. The molecule has 7 nitrogen and oxygen atoms in total. The van der Waals surface area contributed by atoms with Gasteiger partial charge in [-0.2, -0.15) is 0 Å². The number of hydrogen-bond donors (Lipinski definition) is 2. The minimum absolute atomic E-state index is 0.0491. The van der Waals surface area contributed by atoms with Crippen LogP contribution in [0.25, 0.3) is 0 Å². The predicted molar refractivity (Wildman–Crippen MR) is 137 cm³/mol. The fraction of sp³-hybridized carbons (Fsp3) is 0.286. The minimum Gasteiger partial charge on any atom is -0.490 e. The number of rotatable bonds is 9. The van der Waals surface area contributed by atoms with Gasteiger partial charge in [0, 0.05) is 24.7 Å². The number of benzene rings is 3. The highest BCUT2D eigenvalue weighted by atomic mass is 16.5. The van der Waals surface area contributed by atoms with E-state index in [2.05, 4.69) is 10.9 Å². The van der Waals surface area contributed by atoms with Gasteiger partial charge in [-0.05, 0) is 61.7 Å². The number of carbonyl (C=O) groups excluding carboxylic acids is 2. The second-order valence-corrected chi connectivity index (χ2v) is 8.66. The molecule has 3 aromatic carbocycles. The van der Waals surface area contributed by atoms with Crippen LogP contribution in [0.4, 0.5) is 11.4 Å². The van der Waals surface area contributed by atoms with Crippen LogP contribution in [0, 0.1) is 19.8 Å². The van der Waals surface area contributed by atoms with Gasteiger partial charge in [0.2, 0.25) is 11.8 Å². The van der Waals surface area contributed by atoms with E-state index in [1.54, 1.807) is 11.0 Å². The highest BCUT2D eigenvalue weighted by Gasteiger charge is 2.35. The highest BCUT2D eigenvalue weighted by Crippen LogP contribution is 2.31. The standard InChI is InChI=1S/C28H31N3O4/c1-4-34-26-16-23(11-13-25(26)35-18-21-8-6-5-7-9-21)29-30-28(33)22-15-27(32)31(17-22)24-12-10-19(2)20(3)14-24/h5-14,16,22,29H,4,15,17-18H2,1-3H3,(H,30,33)/t22-/m0/s1. The van der Waals surface area contributed by atoms with Crippen LogP contribution in [0.3, 0.4) is 0 Å². The number of hydrogen-bond acceptors (Lipinski definition) is 5. The van der Waals surface area contributed by atoms with E-state index in [0.717, 1.165) is 16.8 Å². The Labute approximate surface area is 206 Å². The van der Waals surface area contributed by atoms with Gasteiger partial charge in [-0.3, -0.25) is 20.4 Å². The first-order valence-electron chi connectivity index (χ1n) is 11.8. The maximum Gasteiger partial charge on any atom is 0.243 e. The van der Waals surface area contributed by atoms with E-state index in [-0.39, 0.29) is 18.2 Å². The monoisotopic (exact) mass is 473 g/mol. The summed E-state index contributed by atoms with van der Waals surface area (Å²) >= 11 is 0. The van der Waals surface area contributed by atoms with Crippen LogP contribution in [0.15, 0.2) is 66.7 Å². The molecular formula is C28H31N3O4. The Balaban J connectivity index is 1.36. The number of amides is 2. The van der Waals surface area contributed by atoms with Crippen molar-refractivity contribution in [3.8, 4) is 11.5 Å². The Morgan fingerprint density at radius 3 is 2.51 bits per heavy atom. The molecular weight excluding hydrogens is 442 g/mol. The van der Waals surface area contributed by atoms with Gasteiger partial charge in [-0.1, -0.05) is 36.4 Å². The Morgan fingerprint density at radius 2 is 1.77 bits per heavy atom. The number of nitrogens with one attached hydrogen (secondary N) is 2. The summed E-state index contributed by atoms with van der Waals surface area (Å²) < 4.78 is 11.7. The third-order valence-electron chi connectivity index (χ3n) is 6.11. The number of anilines is 2. The van der Waals surface area contributed by atoms with Crippen LogP contribution >= 0.6 is 0 Å². The van der Waals surface area contributed by atoms with Crippen molar-refractivity contribution >= 4 is 23.2 Å². The smallest absolute Gasteiger partial charge is 0.243 e. The first kappa shape index (κ1) is 24.1. The average molecular weight is 474 g/mol. The first-order chi connectivity index (χ1) is 16.9. The van der Waals surface area contributed by atoms with Crippen molar-refractivity contribution in [2.75, 3.05) is 23.5 Å². The zero-order valence-corrected chi connectivity index (χ0v) is 20.3. The van der Waals surface area contributed by atoms with E-state index < -0.39 is 5.92 Å². The van der Waals surface area contributed by atoms with Crippen LogP contribution in [0.5, 0.6) is 11.5 Å². The van der Waals surface area contributed by atoms with E-state index in [4.69, 9.17) is 9.47 Å². The van der Waals surface area contributed by atoms with E-state index in [0.29, 0.717) is 36.9 Å². The maximum absolute atomic E-state index is 12.8. The van der Waals surface area contributed by atoms with Crippen LogP contribution in [0.1, 0.15) is 30.0 Å². The SMILES string of the molecule is CCOc1cc(NNC(=O)[C@H]2CC(=O)N(c3ccc(C)c(C)c3)C2)ccc1OCc1ccccc1. The van der Waals surface area contributed by atoms with E-state index in [9.17, 15) is 9.59 Å². The third-order valence-corrected chi connectivity index (χ3v) is 6.11. The number of nitrogens with zero attached hydrogens (tertiary/aromatic N) is 1. The number of aryl methyl sites for hydroxylation is 2. The molecule has 1 fully saturated rings. The van der Waals surface area contributed by atoms with Crippen molar-refractivity contribution in [3.63, 3.8) is 0 Å². The topological polar surface area (TPSA) is 79.9 Å². The van der Waals surface area contributed by atoms with Crippen molar-refractivity contribution in [2.45, 2.75) is 33.8 Å². The molecule has 0 aromatic heterocycles. The quantitative estimate of drug-likeness (QED) is 0.438. The molecule has 4 rings (SSSR count). The molecule has 1 aliphatic rings. The average Bonchev–Trinajstić information content (AvgIpc) is 3.26. The fourth-order valence-electron chi connectivity index (χ4n) is 3.97. The molecule has 1 saturated heterocycles.